The van der Waals surface area contributed by atoms with Gasteiger partial charge in [-0.3, -0.25) is 9.79 Å². The molecule has 0 aromatic heterocycles. The second kappa shape index (κ2) is 18.5. The minimum atomic E-state index is -0.707. The maximum Gasteiger partial charge on any atom is 0.246 e. The van der Waals surface area contributed by atoms with Crippen LogP contribution in [-0.2, 0) is 9.53 Å². The van der Waals surface area contributed by atoms with Gasteiger partial charge in [-0.1, -0.05) is 93.0 Å². The van der Waals surface area contributed by atoms with Crippen molar-refractivity contribution in [3.8, 4) is 0 Å². The molecule has 0 radical (unpaired) electrons. The van der Waals surface area contributed by atoms with Gasteiger partial charge in [-0.05, 0) is 145 Å². The molecule has 2 fully saturated rings. The highest BCUT2D eigenvalue weighted by molar-refractivity contribution is 6.08. The van der Waals surface area contributed by atoms with Crippen LogP contribution in [0.5, 0.6) is 0 Å². The average Bonchev–Trinajstić information content (AvgIpc) is 3.84. The van der Waals surface area contributed by atoms with Crippen LogP contribution < -0.4 is 5.32 Å². The Balaban J connectivity index is 1.45. The van der Waals surface area contributed by atoms with Crippen LogP contribution in [0.25, 0.3) is 0 Å². The molecule has 6 rings (SSSR count). The van der Waals surface area contributed by atoms with Gasteiger partial charge in [-0.15, -0.1) is 0 Å². The van der Waals surface area contributed by atoms with Gasteiger partial charge in [0.1, 0.15) is 11.4 Å². The number of amides is 1. The molecule has 10 unspecified atom stereocenters. The van der Waals surface area contributed by atoms with Crippen LogP contribution in [0.2, 0.25) is 0 Å². The maximum atomic E-state index is 12.6. The molecule has 10 atom stereocenters. The summed E-state index contributed by atoms with van der Waals surface area (Å²) in [5.41, 5.74) is 9.08. The van der Waals surface area contributed by atoms with Crippen molar-refractivity contribution in [3.05, 3.63) is 117 Å². The Morgan fingerprint density at radius 3 is 2.36 bits per heavy atom. The number of fused-ring (bicyclic) bond motifs is 6. The number of ether oxygens (including phenoxy) is 1. The first-order chi connectivity index (χ1) is 28.8. The number of carbonyl (C=O) groups excluding carboxylic acids is 1. The largest absolute Gasteiger partial charge is 0.487 e. The first kappa shape index (κ1) is 46.7. The summed E-state index contributed by atoms with van der Waals surface area (Å²) in [6.45, 7) is 23.6. The van der Waals surface area contributed by atoms with E-state index in [1.54, 1.807) is 6.92 Å². The SMILES string of the molecule is CC(C)=CCCC1(C)C=CC(CO)=C(C(CC=C(C)C)/C(C)=C/C2=C3CC(C)(C(C)C)C4(CC4C(O)C(C)CC=C(C)C(=O)NCCO)C3C3C(=N2)c2ccccc2C3O)O1. The lowest BCUT2D eigenvalue weighted by Gasteiger charge is -2.43. The smallest absolute Gasteiger partial charge is 0.246 e. The number of nitrogens with zero attached hydrogens (tertiary/aromatic N) is 1. The standard InChI is InChI=1S/C53H74N2O6/c1-31(2)15-14-23-51(10)24-22-37(30-57)49(61-51)38(21-18-32(3)4)36(9)27-43-41-28-52(11,33(5)6)53(45(41)44-46(55-43)39-16-12-13-17-40(39)48(44)59)29-42(53)47(58)34(7)19-20-35(8)50(60)54-25-26-56/h12-13,15-18,20,22,24,27,33-34,38,42,44-45,47-48,56-59H,14,19,21,23,25-26,28-30H2,1-11H3,(H,54,60)/b35-20?,36-27+. The third-order valence-corrected chi connectivity index (χ3v) is 15.2. The molecule has 2 heterocycles. The summed E-state index contributed by atoms with van der Waals surface area (Å²) in [7, 11) is 0. The molecule has 1 spiro atoms. The van der Waals surface area contributed by atoms with E-state index in [1.807, 2.05) is 24.3 Å². The first-order valence-corrected chi connectivity index (χ1v) is 22.8. The number of aliphatic imine (C=N–C) groups is 1. The normalized spacial score (nSPS) is 30.7. The zero-order valence-electron chi connectivity index (χ0n) is 38.8. The van der Waals surface area contributed by atoms with Crippen molar-refractivity contribution in [2.75, 3.05) is 19.8 Å². The van der Waals surface area contributed by atoms with Crippen molar-refractivity contribution in [1.82, 2.24) is 5.32 Å². The summed E-state index contributed by atoms with van der Waals surface area (Å²) in [5, 5.41) is 47.3. The molecule has 5 N–H and O–H groups in total. The van der Waals surface area contributed by atoms with E-state index in [1.165, 1.54) is 16.7 Å². The van der Waals surface area contributed by atoms with Gasteiger partial charge in [-0.2, -0.15) is 0 Å². The van der Waals surface area contributed by atoms with Crippen LogP contribution in [0, 0.1) is 46.3 Å². The van der Waals surface area contributed by atoms with Gasteiger partial charge in [-0.25, -0.2) is 0 Å². The Morgan fingerprint density at radius 2 is 1.70 bits per heavy atom. The molecule has 2 saturated carbocycles. The van der Waals surface area contributed by atoms with Crippen molar-refractivity contribution in [3.63, 3.8) is 0 Å². The highest BCUT2D eigenvalue weighted by Gasteiger charge is 2.77. The molecule has 1 aromatic carbocycles. The number of aliphatic hydroxyl groups excluding tert-OH is 4. The first-order valence-electron chi connectivity index (χ1n) is 22.8. The molecule has 61 heavy (non-hydrogen) atoms. The number of benzene rings is 1. The summed E-state index contributed by atoms with van der Waals surface area (Å²) < 4.78 is 7.00. The van der Waals surface area contributed by atoms with E-state index in [0.29, 0.717) is 24.3 Å². The number of nitrogens with one attached hydrogen (secondary N) is 1. The lowest BCUT2D eigenvalue weighted by Crippen LogP contribution is -2.41. The molecule has 1 aromatic rings. The third kappa shape index (κ3) is 8.89. The molecule has 2 aliphatic heterocycles. The van der Waals surface area contributed by atoms with Gasteiger partial charge >= 0.3 is 0 Å². The predicted molar refractivity (Wildman–Crippen MR) is 246 cm³/mol. The molecule has 8 nitrogen and oxygen atoms in total. The van der Waals surface area contributed by atoms with Crippen molar-refractivity contribution in [1.29, 1.82) is 0 Å². The average molecular weight is 835 g/mol. The monoisotopic (exact) mass is 835 g/mol. The number of carbonyl (C=O) groups is 1. The number of aliphatic hydroxyl groups is 4. The van der Waals surface area contributed by atoms with E-state index >= 15 is 0 Å². The zero-order valence-corrected chi connectivity index (χ0v) is 38.8. The summed E-state index contributed by atoms with van der Waals surface area (Å²) in [6.07, 6.45) is 16.2. The van der Waals surface area contributed by atoms with Gasteiger partial charge in [0, 0.05) is 35.1 Å². The zero-order chi connectivity index (χ0) is 44.6. The van der Waals surface area contributed by atoms with Crippen LogP contribution in [0.3, 0.4) is 0 Å². The number of allylic oxidation sites excluding steroid dienone is 8. The molecule has 1 amide bonds. The van der Waals surface area contributed by atoms with E-state index < -0.39 is 17.8 Å². The fraction of sp³-hybridized carbons (Fsp3) is 0.585. The molecular weight excluding hydrogens is 761 g/mol. The topological polar surface area (TPSA) is 132 Å². The van der Waals surface area contributed by atoms with Gasteiger partial charge in [0.25, 0.3) is 0 Å². The summed E-state index contributed by atoms with van der Waals surface area (Å²) in [6, 6.07) is 8.17. The lowest BCUT2D eigenvalue weighted by atomic mass is 9.62. The van der Waals surface area contributed by atoms with E-state index in [4.69, 9.17) is 9.73 Å². The van der Waals surface area contributed by atoms with Crippen LogP contribution in [0.1, 0.15) is 132 Å². The Hall–Kier alpha value is -3.82. The van der Waals surface area contributed by atoms with Gasteiger partial charge in [0.2, 0.25) is 5.91 Å². The summed E-state index contributed by atoms with van der Waals surface area (Å²) in [4.78, 5) is 18.1. The maximum absolute atomic E-state index is 12.6. The second-order valence-electron chi connectivity index (χ2n) is 20.2. The van der Waals surface area contributed by atoms with Gasteiger partial charge in [0.05, 0.1) is 36.8 Å². The summed E-state index contributed by atoms with van der Waals surface area (Å²) in [5.74, 6) is 0.410. The molecule has 0 saturated heterocycles. The van der Waals surface area contributed by atoms with Crippen molar-refractivity contribution in [2.45, 2.75) is 132 Å². The Labute approximate surface area is 366 Å². The highest BCUT2D eigenvalue weighted by atomic mass is 16.5. The van der Waals surface area contributed by atoms with Crippen molar-refractivity contribution >= 4 is 11.6 Å². The van der Waals surface area contributed by atoms with Gasteiger partial charge in [0.15, 0.2) is 0 Å². The Morgan fingerprint density at radius 1 is 1.00 bits per heavy atom. The Bertz CT molecular complexity index is 2090. The third-order valence-electron chi connectivity index (χ3n) is 15.2. The van der Waals surface area contributed by atoms with Crippen molar-refractivity contribution < 1.29 is 30.0 Å². The molecule has 3 aliphatic carbocycles. The van der Waals surface area contributed by atoms with E-state index in [-0.39, 0.29) is 66.1 Å². The minimum absolute atomic E-state index is 0.00466. The molecular formula is C53H74N2O6. The van der Waals surface area contributed by atoms with Crippen LogP contribution in [-0.4, -0.2) is 63.5 Å². The molecule has 0 bridgehead atoms. The summed E-state index contributed by atoms with van der Waals surface area (Å²) >= 11 is 0. The second-order valence-corrected chi connectivity index (χ2v) is 20.2. The predicted octanol–water partition coefficient (Wildman–Crippen LogP) is 9.79. The highest BCUT2D eigenvalue weighted by Crippen LogP contribution is 2.81. The van der Waals surface area contributed by atoms with E-state index in [0.717, 1.165) is 65.1 Å². The quantitative estimate of drug-likeness (QED) is 0.0785. The fourth-order valence-electron chi connectivity index (χ4n) is 11.3. The van der Waals surface area contributed by atoms with E-state index in [2.05, 4.69) is 111 Å². The number of hydrogen-bond acceptors (Lipinski definition) is 7. The number of rotatable bonds is 17. The Kier molecular flexibility index (Phi) is 14.1. The van der Waals surface area contributed by atoms with E-state index in [9.17, 15) is 25.2 Å². The molecule has 332 valence electrons. The minimum Gasteiger partial charge on any atom is -0.487 e. The molecule has 8 heteroatoms. The van der Waals surface area contributed by atoms with Gasteiger partial charge < -0.3 is 30.5 Å². The van der Waals surface area contributed by atoms with Crippen LogP contribution in [0.15, 0.2) is 111 Å². The van der Waals surface area contributed by atoms with Crippen LogP contribution in [0.4, 0.5) is 0 Å². The molecule has 5 aliphatic rings. The fourth-order valence-corrected chi connectivity index (χ4v) is 11.3. The van der Waals surface area contributed by atoms with Crippen molar-refractivity contribution in [2.24, 2.45) is 51.3 Å². The lowest BCUT2D eigenvalue weighted by molar-refractivity contribution is -0.117. The van der Waals surface area contributed by atoms with Crippen LogP contribution >= 0.6 is 0 Å². The number of hydrogen-bond donors (Lipinski definition) is 5.